The van der Waals surface area contributed by atoms with Crippen molar-refractivity contribution in [2.24, 2.45) is 5.92 Å². The topological polar surface area (TPSA) is 66.7 Å². The first kappa shape index (κ1) is 18.6. The molecule has 1 N–H and O–H groups in total. The Bertz CT molecular complexity index is 995. The molecule has 2 aromatic rings. The largest absolute Gasteiger partial charge is 0.369 e. The van der Waals surface area contributed by atoms with Crippen molar-refractivity contribution in [3.63, 3.8) is 0 Å². The number of hydrogen-bond acceptors (Lipinski definition) is 6. The molecule has 0 aromatic carbocycles. The van der Waals surface area contributed by atoms with E-state index in [0.717, 1.165) is 5.56 Å². The van der Waals surface area contributed by atoms with Crippen molar-refractivity contribution in [1.82, 2.24) is 14.3 Å². The Hall–Kier alpha value is -2.19. The molecule has 3 heterocycles. The molecule has 26 heavy (non-hydrogen) atoms. The molecule has 0 saturated carbocycles. The van der Waals surface area contributed by atoms with Gasteiger partial charge in [0.2, 0.25) is 0 Å². The first-order valence-corrected chi connectivity index (χ1v) is 9.49. The molecule has 1 saturated heterocycles. The number of likely N-dealkylation sites (N-methyl/N-ethyl adjacent to an activating group) is 1. The highest BCUT2D eigenvalue weighted by molar-refractivity contribution is 8.26. The Kier molecular flexibility index (Phi) is 5.15. The number of hydrogen-bond donors (Lipinski definition) is 1. The van der Waals surface area contributed by atoms with Crippen LogP contribution in [-0.2, 0) is 4.79 Å². The summed E-state index contributed by atoms with van der Waals surface area (Å²) < 4.78 is 1.98. The molecule has 0 unspecified atom stereocenters. The van der Waals surface area contributed by atoms with Crippen molar-refractivity contribution in [2.45, 2.75) is 20.8 Å². The van der Waals surface area contributed by atoms with E-state index in [9.17, 15) is 9.59 Å². The number of amides is 1. The summed E-state index contributed by atoms with van der Waals surface area (Å²) in [5.74, 6) is 0.664. The fraction of sp³-hybridized carbons (Fsp3) is 0.333. The molecule has 1 aliphatic heterocycles. The summed E-state index contributed by atoms with van der Waals surface area (Å²) in [5, 5.41) is 3.25. The van der Waals surface area contributed by atoms with Gasteiger partial charge in [0.05, 0.1) is 10.5 Å². The minimum absolute atomic E-state index is 0.205. The Morgan fingerprint density at radius 3 is 2.73 bits per heavy atom. The van der Waals surface area contributed by atoms with Gasteiger partial charge in [-0.3, -0.25) is 18.9 Å². The van der Waals surface area contributed by atoms with Crippen LogP contribution in [0.3, 0.4) is 0 Å². The number of carbonyl (C=O) groups is 1. The Labute approximate surface area is 161 Å². The van der Waals surface area contributed by atoms with Gasteiger partial charge in [0.25, 0.3) is 11.5 Å². The molecule has 3 rings (SSSR count). The molecule has 0 atom stereocenters. The number of aromatic nitrogens is 2. The molecule has 6 nitrogen and oxygen atoms in total. The van der Waals surface area contributed by atoms with Gasteiger partial charge in [-0.05, 0) is 30.5 Å². The van der Waals surface area contributed by atoms with Crippen LogP contribution in [0.5, 0.6) is 0 Å². The zero-order valence-corrected chi connectivity index (χ0v) is 16.7. The third kappa shape index (κ3) is 3.39. The summed E-state index contributed by atoms with van der Waals surface area (Å²) in [4.78, 5) is 31.9. The zero-order chi connectivity index (χ0) is 19.0. The van der Waals surface area contributed by atoms with E-state index >= 15 is 0 Å². The van der Waals surface area contributed by atoms with Gasteiger partial charge in [-0.2, -0.15) is 0 Å². The maximum absolute atomic E-state index is 13.1. The van der Waals surface area contributed by atoms with Gasteiger partial charge in [-0.1, -0.05) is 43.9 Å². The van der Waals surface area contributed by atoms with Crippen LogP contribution in [0.2, 0.25) is 0 Å². The van der Waals surface area contributed by atoms with Gasteiger partial charge >= 0.3 is 0 Å². The molecule has 1 fully saturated rings. The highest BCUT2D eigenvalue weighted by Gasteiger charge is 2.29. The van der Waals surface area contributed by atoms with Gasteiger partial charge in [0.15, 0.2) is 0 Å². The number of carbonyl (C=O) groups excluding carboxylic acids is 1. The fourth-order valence-electron chi connectivity index (χ4n) is 2.55. The van der Waals surface area contributed by atoms with E-state index in [1.165, 1.54) is 21.1 Å². The van der Waals surface area contributed by atoms with Gasteiger partial charge in [-0.15, -0.1) is 0 Å². The number of pyridine rings is 1. The molecular formula is C18H20N4O2S2. The summed E-state index contributed by atoms with van der Waals surface area (Å²) in [6.07, 6.45) is 3.28. The molecule has 0 radical (unpaired) electrons. The lowest BCUT2D eigenvalue weighted by Crippen LogP contribution is -2.24. The van der Waals surface area contributed by atoms with Crippen molar-refractivity contribution < 1.29 is 4.79 Å². The standard InChI is InChI=1S/C18H20N4O2S2/c1-10(2)9-19-14-12(8-13-17(24)21(4)18(25)26-13)16(23)22-7-5-6-11(3)15(22)20-14/h5-8,10,19H,9H2,1-4H3. The predicted molar refractivity (Wildman–Crippen MR) is 110 cm³/mol. The summed E-state index contributed by atoms with van der Waals surface area (Å²) in [6, 6.07) is 3.72. The Morgan fingerprint density at radius 2 is 2.12 bits per heavy atom. The zero-order valence-electron chi connectivity index (χ0n) is 15.1. The lowest BCUT2D eigenvalue weighted by molar-refractivity contribution is -0.121. The molecule has 0 bridgehead atoms. The van der Waals surface area contributed by atoms with E-state index in [-0.39, 0.29) is 11.5 Å². The second kappa shape index (κ2) is 7.20. The van der Waals surface area contributed by atoms with Gasteiger partial charge in [0.1, 0.15) is 15.8 Å². The third-order valence-electron chi connectivity index (χ3n) is 4.02. The smallest absolute Gasteiger partial charge is 0.267 e. The van der Waals surface area contributed by atoms with Crippen molar-refractivity contribution in [3.8, 4) is 0 Å². The minimum atomic E-state index is -0.216. The van der Waals surface area contributed by atoms with E-state index in [2.05, 4.69) is 24.1 Å². The lowest BCUT2D eigenvalue weighted by Gasteiger charge is -2.13. The third-order valence-corrected chi connectivity index (χ3v) is 5.51. The van der Waals surface area contributed by atoms with Crippen molar-refractivity contribution in [3.05, 3.63) is 44.7 Å². The number of nitrogens with zero attached hydrogens (tertiary/aromatic N) is 3. The summed E-state index contributed by atoms with van der Waals surface area (Å²) >= 11 is 6.36. The average Bonchev–Trinajstić information content (AvgIpc) is 2.83. The van der Waals surface area contributed by atoms with Crippen molar-refractivity contribution in [2.75, 3.05) is 18.9 Å². The van der Waals surface area contributed by atoms with Crippen molar-refractivity contribution in [1.29, 1.82) is 0 Å². The number of anilines is 1. The van der Waals surface area contributed by atoms with Crippen LogP contribution in [-0.4, -0.2) is 38.1 Å². The predicted octanol–water partition coefficient (Wildman–Crippen LogP) is 2.90. The molecule has 1 aliphatic rings. The molecule has 8 heteroatoms. The quantitative estimate of drug-likeness (QED) is 0.642. The van der Waals surface area contributed by atoms with Crippen LogP contribution in [0, 0.1) is 12.8 Å². The molecule has 0 aliphatic carbocycles. The highest BCUT2D eigenvalue weighted by atomic mass is 32.2. The number of aryl methyl sites for hydroxylation is 1. The number of thiocarbonyl (C=S) groups is 1. The van der Waals surface area contributed by atoms with Crippen LogP contribution in [0.15, 0.2) is 28.0 Å². The molecular weight excluding hydrogens is 368 g/mol. The second-order valence-corrected chi connectivity index (χ2v) is 8.26. The van der Waals surface area contributed by atoms with Crippen molar-refractivity contribution >= 4 is 51.7 Å². The van der Waals surface area contributed by atoms with Gasteiger partial charge in [0, 0.05) is 19.8 Å². The normalized spacial score (nSPS) is 16.3. The van der Waals surface area contributed by atoms with Gasteiger partial charge in [-0.25, -0.2) is 4.98 Å². The highest BCUT2D eigenvalue weighted by Crippen LogP contribution is 2.31. The number of thioether (sulfide) groups is 1. The SMILES string of the molecule is Cc1cccn2c(=O)c(C=C3SC(=S)N(C)C3=O)c(NCC(C)C)nc12. The van der Waals surface area contributed by atoms with Crippen LogP contribution < -0.4 is 10.9 Å². The summed E-state index contributed by atoms with van der Waals surface area (Å²) in [6.45, 7) is 6.74. The van der Waals surface area contributed by atoms with Gasteiger partial charge < -0.3 is 5.32 Å². The Balaban J connectivity index is 2.20. The maximum atomic E-state index is 13.1. The molecule has 0 spiro atoms. The van der Waals surface area contributed by atoms with E-state index in [4.69, 9.17) is 12.2 Å². The first-order valence-electron chi connectivity index (χ1n) is 8.27. The maximum Gasteiger partial charge on any atom is 0.267 e. The van der Waals surface area contributed by atoms with E-state index in [1.54, 1.807) is 19.3 Å². The average molecular weight is 389 g/mol. The van der Waals surface area contributed by atoms with Crippen LogP contribution >= 0.6 is 24.0 Å². The van der Waals surface area contributed by atoms with Crippen LogP contribution in [0.25, 0.3) is 11.7 Å². The number of fused-ring (bicyclic) bond motifs is 1. The first-order chi connectivity index (χ1) is 12.3. The second-order valence-electron chi connectivity index (χ2n) is 6.58. The molecule has 136 valence electrons. The van der Waals surface area contributed by atoms with Crippen LogP contribution in [0.1, 0.15) is 25.0 Å². The Morgan fingerprint density at radius 1 is 1.38 bits per heavy atom. The lowest BCUT2D eigenvalue weighted by atomic mass is 10.2. The van der Waals surface area contributed by atoms with E-state index in [1.807, 2.05) is 19.1 Å². The minimum Gasteiger partial charge on any atom is -0.369 e. The van der Waals surface area contributed by atoms with E-state index in [0.29, 0.717) is 38.7 Å². The van der Waals surface area contributed by atoms with Crippen LogP contribution in [0.4, 0.5) is 5.82 Å². The fourth-order valence-corrected chi connectivity index (χ4v) is 3.72. The number of rotatable bonds is 4. The summed E-state index contributed by atoms with van der Waals surface area (Å²) in [5.41, 5.74) is 1.65. The van der Waals surface area contributed by atoms with E-state index < -0.39 is 0 Å². The number of nitrogens with one attached hydrogen (secondary N) is 1. The molecule has 1 amide bonds. The molecule has 2 aromatic heterocycles. The summed E-state index contributed by atoms with van der Waals surface area (Å²) in [7, 11) is 1.63. The monoisotopic (exact) mass is 388 g/mol.